The minimum absolute atomic E-state index is 0.181. The molecule has 0 atom stereocenters. The van der Waals surface area contributed by atoms with E-state index in [0.29, 0.717) is 16.9 Å². The average molecular weight is 389 g/mol. The predicted molar refractivity (Wildman–Crippen MR) is 102 cm³/mol. The molecular formula is C19H18F3N5O. The minimum atomic E-state index is -4.38. The highest BCUT2D eigenvalue weighted by molar-refractivity contribution is 5.71. The summed E-state index contributed by atoms with van der Waals surface area (Å²) in [6.07, 6.45) is -4.38. The zero-order valence-electron chi connectivity index (χ0n) is 14.6. The fourth-order valence-electron chi connectivity index (χ4n) is 2.61. The number of hydrazine groups is 1. The summed E-state index contributed by atoms with van der Waals surface area (Å²) in [7, 11) is 0. The van der Waals surface area contributed by atoms with Gasteiger partial charge >= 0.3 is 6.18 Å². The topological polar surface area (TPSA) is 112 Å². The second kappa shape index (κ2) is 7.65. The predicted octanol–water partition coefficient (Wildman–Crippen LogP) is 3.80. The normalized spacial score (nSPS) is 11.3. The second-order valence-corrected chi connectivity index (χ2v) is 6.02. The van der Waals surface area contributed by atoms with Crippen molar-refractivity contribution in [1.82, 2.24) is 4.98 Å². The van der Waals surface area contributed by atoms with Gasteiger partial charge in [-0.2, -0.15) is 13.2 Å². The van der Waals surface area contributed by atoms with E-state index in [9.17, 15) is 13.2 Å². The molecule has 3 aromatic rings. The van der Waals surface area contributed by atoms with Crippen molar-refractivity contribution >= 4 is 17.3 Å². The van der Waals surface area contributed by atoms with Crippen LogP contribution in [0.2, 0.25) is 0 Å². The highest BCUT2D eigenvalue weighted by atomic mass is 19.4. The number of alkyl halides is 3. The Hall–Kier alpha value is -3.46. The molecule has 1 aromatic heterocycles. The van der Waals surface area contributed by atoms with E-state index in [0.717, 1.165) is 17.7 Å². The first-order valence-electron chi connectivity index (χ1n) is 8.20. The molecule has 3 rings (SSSR count). The molecule has 9 heteroatoms. The SMILES string of the molecule is NNc1nc(N)cc(OCc2ccc(-c3cccc(C(F)(F)F)c3)cc2)c1N. The Balaban J connectivity index is 1.75. The molecule has 0 saturated carbocycles. The Labute approximate surface area is 159 Å². The maximum Gasteiger partial charge on any atom is 0.416 e. The summed E-state index contributed by atoms with van der Waals surface area (Å²) in [6.45, 7) is 0.181. The number of pyridine rings is 1. The van der Waals surface area contributed by atoms with Crippen molar-refractivity contribution in [2.24, 2.45) is 5.84 Å². The maximum atomic E-state index is 12.9. The molecule has 0 aliphatic heterocycles. The molecule has 0 amide bonds. The van der Waals surface area contributed by atoms with Crippen LogP contribution in [-0.4, -0.2) is 4.98 Å². The first-order chi connectivity index (χ1) is 13.3. The van der Waals surface area contributed by atoms with Gasteiger partial charge in [-0.3, -0.25) is 0 Å². The first kappa shape index (κ1) is 19.3. The number of halogens is 3. The number of anilines is 3. The summed E-state index contributed by atoms with van der Waals surface area (Å²) in [4.78, 5) is 3.93. The number of nitrogens with one attached hydrogen (secondary N) is 1. The summed E-state index contributed by atoms with van der Waals surface area (Å²) in [5.41, 5.74) is 15.4. The molecule has 0 spiro atoms. The molecule has 0 radical (unpaired) electrons. The van der Waals surface area contributed by atoms with E-state index in [1.807, 2.05) is 0 Å². The zero-order chi connectivity index (χ0) is 20.3. The van der Waals surface area contributed by atoms with Gasteiger partial charge in [-0.25, -0.2) is 10.8 Å². The van der Waals surface area contributed by atoms with Crippen molar-refractivity contribution in [1.29, 1.82) is 0 Å². The second-order valence-electron chi connectivity index (χ2n) is 6.02. The molecule has 0 aliphatic carbocycles. The number of rotatable bonds is 5. The fraction of sp³-hybridized carbons (Fsp3) is 0.105. The van der Waals surface area contributed by atoms with Gasteiger partial charge in [-0.1, -0.05) is 36.4 Å². The highest BCUT2D eigenvalue weighted by Crippen LogP contribution is 2.33. The van der Waals surface area contributed by atoms with E-state index in [2.05, 4.69) is 10.4 Å². The van der Waals surface area contributed by atoms with Crippen LogP contribution in [0.4, 0.5) is 30.5 Å². The van der Waals surface area contributed by atoms with E-state index in [1.165, 1.54) is 12.1 Å². The summed E-state index contributed by atoms with van der Waals surface area (Å²) >= 11 is 0. The molecule has 1 heterocycles. The molecule has 0 unspecified atom stereocenters. The number of nitrogens with two attached hydrogens (primary N) is 3. The lowest BCUT2D eigenvalue weighted by atomic mass is 10.0. The van der Waals surface area contributed by atoms with Gasteiger partial charge in [0, 0.05) is 6.07 Å². The molecule has 0 aliphatic rings. The number of nitrogens with zero attached hydrogens (tertiary/aromatic N) is 1. The molecule has 0 saturated heterocycles. The largest absolute Gasteiger partial charge is 0.486 e. The van der Waals surface area contributed by atoms with Gasteiger partial charge in [0.1, 0.15) is 23.9 Å². The highest BCUT2D eigenvalue weighted by Gasteiger charge is 2.30. The van der Waals surface area contributed by atoms with E-state index >= 15 is 0 Å². The van der Waals surface area contributed by atoms with Crippen molar-refractivity contribution < 1.29 is 17.9 Å². The molecule has 0 fully saturated rings. The number of hydrogen-bond acceptors (Lipinski definition) is 6. The van der Waals surface area contributed by atoms with Crippen LogP contribution < -0.4 is 27.5 Å². The summed E-state index contributed by atoms with van der Waals surface area (Å²) in [5, 5.41) is 0. The van der Waals surface area contributed by atoms with Gasteiger partial charge in [0.2, 0.25) is 0 Å². The maximum absolute atomic E-state index is 12.9. The zero-order valence-corrected chi connectivity index (χ0v) is 14.6. The fourth-order valence-corrected chi connectivity index (χ4v) is 2.61. The summed E-state index contributed by atoms with van der Waals surface area (Å²) in [6, 6.07) is 13.6. The van der Waals surface area contributed by atoms with Crippen molar-refractivity contribution in [3.05, 3.63) is 65.7 Å². The van der Waals surface area contributed by atoms with Crippen LogP contribution in [0.5, 0.6) is 5.75 Å². The molecule has 6 nitrogen and oxygen atoms in total. The molecule has 0 bridgehead atoms. The van der Waals surface area contributed by atoms with Gasteiger partial charge in [-0.15, -0.1) is 0 Å². The Morgan fingerprint density at radius 3 is 2.32 bits per heavy atom. The standard InChI is InChI=1S/C19H18F3N5O/c20-19(21,22)14-3-1-2-13(8-14)12-6-4-11(5-7-12)10-28-15-9-16(23)26-18(27-25)17(15)24/h1-9H,10,24-25H2,(H3,23,26,27). The Morgan fingerprint density at radius 1 is 0.964 bits per heavy atom. The summed E-state index contributed by atoms with van der Waals surface area (Å²) < 4.78 is 44.3. The van der Waals surface area contributed by atoms with Gasteiger partial charge in [0.15, 0.2) is 5.82 Å². The molecule has 28 heavy (non-hydrogen) atoms. The van der Waals surface area contributed by atoms with Crippen molar-refractivity contribution in [2.75, 3.05) is 16.9 Å². The molecule has 7 N–H and O–H groups in total. The number of benzene rings is 2. The quantitative estimate of drug-likeness (QED) is 0.390. The lowest BCUT2D eigenvalue weighted by Crippen LogP contribution is -2.13. The van der Waals surface area contributed by atoms with Crippen molar-refractivity contribution in [3.63, 3.8) is 0 Å². The average Bonchev–Trinajstić information content (AvgIpc) is 2.68. The number of hydrogen-bond donors (Lipinski definition) is 4. The van der Waals surface area contributed by atoms with Crippen LogP contribution in [0.15, 0.2) is 54.6 Å². The van der Waals surface area contributed by atoms with Gasteiger partial charge in [0.25, 0.3) is 0 Å². The van der Waals surface area contributed by atoms with Crippen LogP contribution in [0.25, 0.3) is 11.1 Å². The van der Waals surface area contributed by atoms with Crippen LogP contribution >= 0.6 is 0 Å². The molecule has 2 aromatic carbocycles. The minimum Gasteiger partial charge on any atom is -0.486 e. The van der Waals surface area contributed by atoms with Gasteiger partial charge in [-0.05, 0) is 28.8 Å². The lowest BCUT2D eigenvalue weighted by molar-refractivity contribution is -0.137. The van der Waals surface area contributed by atoms with Crippen LogP contribution in [-0.2, 0) is 12.8 Å². The van der Waals surface area contributed by atoms with E-state index in [-0.39, 0.29) is 23.9 Å². The summed E-state index contributed by atoms with van der Waals surface area (Å²) in [5.74, 6) is 6.05. The van der Waals surface area contributed by atoms with Gasteiger partial charge < -0.3 is 21.6 Å². The Bertz CT molecular complexity index is 974. The van der Waals surface area contributed by atoms with E-state index in [4.69, 9.17) is 22.0 Å². The van der Waals surface area contributed by atoms with Crippen molar-refractivity contribution in [3.8, 4) is 16.9 Å². The first-order valence-corrected chi connectivity index (χ1v) is 8.20. The number of ether oxygens (including phenoxy) is 1. The van der Waals surface area contributed by atoms with Crippen LogP contribution in [0, 0.1) is 0 Å². The Kier molecular flexibility index (Phi) is 5.27. The third-order valence-electron chi connectivity index (χ3n) is 4.05. The van der Waals surface area contributed by atoms with Gasteiger partial charge in [0.05, 0.1) is 5.56 Å². The van der Waals surface area contributed by atoms with E-state index in [1.54, 1.807) is 30.3 Å². The molecule has 146 valence electrons. The Morgan fingerprint density at radius 2 is 1.68 bits per heavy atom. The third kappa shape index (κ3) is 4.26. The number of nitrogen functional groups attached to an aromatic ring is 3. The molecular weight excluding hydrogens is 371 g/mol. The third-order valence-corrected chi connectivity index (χ3v) is 4.05. The smallest absolute Gasteiger partial charge is 0.416 e. The van der Waals surface area contributed by atoms with Crippen LogP contribution in [0.3, 0.4) is 0 Å². The monoisotopic (exact) mass is 389 g/mol. The van der Waals surface area contributed by atoms with Crippen molar-refractivity contribution in [2.45, 2.75) is 12.8 Å². The van der Waals surface area contributed by atoms with E-state index < -0.39 is 11.7 Å². The lowest BCUT2D eigenvalue weighted by Gasteiger charge is -2.13. The number of aromatic nitrogens is 1. The van der Waals surface area contributed by atoms with Crippen LogP contribution in [0.1, 0.15) is 11.1 Å².